The Morgan fingerprint density at radius 3 is 2.14 bits per heavy atom. The lowest BCUT2D eigenvalue weighted by Gasteiger charge is -2.11. The predicted octanol–water partition coefficient (Wildman–Crippen LogP) is 2.84. The second-order valence-corrected chi connectivity index (χ2v) is 6.66. The summed E-state index contributed by atoms with van der Waals surface area (Å²) >= 11 is 0. The van der Waals surface area contributed by atoms with Crippen LogP contribution >= 0.6 is 0 Å². The summed E-state index contributed by atoms with van der Waals surface area (Å²) in [4.78, 5) is 36.2. The Balaban J connectivity index is 1.80. The maximum absolute atomic E-state index is 12.3. The number of carbonyl (C=O) groups excluding carboxylic acids is 3. The Morgan fingerprint density at radius 2 is 1.52 bits per heavy atom. The van der Waals surface area contributed by atoms with Crippen LogP contribution in [-0.2, 0) is 4.79 Å². The van der Waals surface area contributed by atoms with Gasteiger partial charge in [-0.3, -0.25) is 14.4 Å². The molecule has 0 atom stereocenters. The molecule has 2 aromatic rings. The molecule has 7 heteroatoms. The third-order valence-corrected chi connectivity index (χ3v) is 4.07. The average molecular weight is 397 g/mol. The van der Waals surface area contributed by atoms with Gasteiger partial charge in [0.15, 0.2) is 0 Å². The highest BCUT2D eigenvalue weighted by molar-refractivity contribution is 5.97. The van der Waals surface area contributed by atoms with E-state index in [0.717, 1.165) is 0 Å². The molecule has 0 aliphatic heterocycles. The number of hydrogen-bond donors (Lipinski definition) is 3. The van der Waals surface area contributed by atoms with Crippen LogP contribution in [0.2, 0.25) is 0 Å². The van der Waals surface area contributed by atoms with Crippen LogP contribution in [0.25, 0.3) is 0 Å². The maximum atomic E-state index is 12.3. The van der Waals surface area contributed by atoms with Gasteiger partial charge in [0, 0.05) is 30.3 Å². The number of hydrogen-bond acceptors (Lipinski definition) is 4. The topological polar surface area (TPSA) is 96.5 Å². The molecular weight excluding hydrogens is 370 g/mol. The first kappa shape index (κ1) is 21.9. The van der Waals surface area contributed by atoms with Crippen molar-refractivity contribution in [2.75, 3.05) is 25.0 Å². The van der Waals surface area contributed by atoms with Gasteiger partial charge in [-0.05, 0) is 43.3 Å². The monoisotopic (exact) mass is 397 g/mol. The molecule has 29 heavy (non-hydrogen) atoms. The fourth-order valence-electron chi connectivity index (χ4n) is 2.48. The Hall–Kier alpha value is -3.35. The van der Waals surface area contributed by atoms with E-state index in [1.165, 1.54) is 0 Å². The van der Waals surface area contributed by atoms with Gasteiger partial charge in [0.05, 0.1) is 12.2 Å². The van der Waals surface area contributed by atoms with Gasteiger partial charge in [0.1, 0.15) is 5.75 Å². The largest absolute Gasteiger partial charge is 0.493 e. The molecule has 0 aliphatic carbocycles. The summed E-state index contributed by atoms with van der Waals surface area (Å²) in [6, 6.07) is 13.7. The fourth-order valence-corrected chi connectivity index (χ4v) is 2.48. The molecule has 7 nitrogen and oxygen atoms in total. The van der Waals surface area contributed by atoms with Gasteiger partial charge in [-0.15, -0.1) is 0 Å². The number of amides is 3. The van der Waals surface area contributed by atoms with Crippen molar-refractivity contribution in [2.24, 2.45) is 5.92 Å². The quantitative estimate of drug-likeness (QED) is 0.567. The number of benzene rings is 2. The number of ether oxygens (including phenoxy) is 1. The lowest BCUT2D eigenvalue weighted by Crippen LogP contribution is -2.34. The van der Waals surface area contributed by atoms with Crippen LogP contribution < -0.4 is 20.7 Å². The highest BCUT2D eigenvalue weighted by Gasteiger charge is 2.12. The zero-order chi connectivity index (χ0) is 21.2. The molecule has 0 aromatic heterocycles. The van der Waals surface area contributed by atoms with Gasteiger partial charge in [-0.25, -0.2) is 0 Å². The van der Waals surface area contributed by atoms with E-state index in [1.807, 2.05) is 26.8 Å². The first-order valence-electron chi connectivity index (χ1n) is 9.61. The minimum Gasteiger partial charge on any atom is -0.493 e. The Bertz CT molecular complexity index is 847. The number of nitrogens with one attached hydrogen (secondary N) is 3. The summed E-state index contributed by atoms with van der Waals surface area (Å²) in [5, 5.41) is 8.29. The van der Waals surface area contributed by atoms with E-state index >= 15 is 0 Å². The molecule has 0 aliphatic rings. The molecule has 0 saturated heterocycles. The Labute approximate surface area is 170 Å². The van der Waals surface area contributed by atoms with Crippen LogP contribution in [0, 0.1) is 5.92 Å². The second kappa shape index (κ2) is 10.8. The van der Waals surface area contributed by atoms with Crippen molar-refractivity contribution in [2.45, 2.75) is 20.8 Å². The predicted molar refractivity (Wildman–Crippen MR) is 112 cm³/mol. The lowest BCUT2D eigenvalue weighted by molar-refractivity contribution is -0.118. The van der Waals surface area contributed by atoms with Crippen molar-refractivity contribution in [3.8, 4) is 5.75 Å². The molecule has 0 saturated carbocycles. The standard InChI is InChI=1S/C22H27N3O4/c1-4-29-19-8-6-5-7-18(19)22(28)24-14-13-23-21(27)16-9-11-17(12-10-16)25-20(26)15(2)3/h5-12,15H,4,13-14H2,1-3H3,(H,23,27)(H,24,28)(H,25,26). The average Bonchev–Trinajstić information content (AvgIpc) is 2.72. The summed E-state index contributed by atoms with van der Waals surface area (Å²) < 4.78 is 5.45. The van der Waals surface area contributed by atoms with E-state index in [1.54, 1.807) is 42.5 Å². The molecule has 2 aromatic carbocycles. The van der Waals surface area contributed by atoms with Gasteiger partial charge in [-0.1, -0.05) is 26.0 Å². The summed E-state index contributed by atoms with van der Waals surface area (Å²) in [5.41, 5.74) is 1.57. The van der Waals surface area contributed by atoms with Gasteiger partial charge >= 0.3 is 0 Å². The van der Waals surface area contributed by atoms with E-state index in [0.29, 0.717) is 29.2 Å². The van der Waals surface area contributed by atoms with Crippen molar-refractivity contribution in [1.29, 1.82) is 0 Å². The summed E-state index contributed by atoms with van der Waals surface area (Å²) in [6.45, 7) is 6.52. The van der Waals surface area contributed by atoms with E-state index in [9.17, 15) is 14.4 Å². The molecule has 0 radical (unpaired) electrons. The number of carbonyl (C=O) groups is 3. The molecule has 154 valence electrons. The van der Waals surface area contributed by atoms with Gasteiger partial charge in [-0.2, -0.15) is 0 Å². The minimum absolute atomic E-state index is 0.0798. The first-order valence-corrected chi connectivity index (χ1v) is 9.61. The van der Waals surface area contributed by atoms with E-state index in [4.69, 9.17) is 4.74 Å². The van der Waals surface area contributed by atoms with E-state index in [-0.39, 0.29) is 36.7 Å². The number of anilines is 1. The molecule has 0 spiro atoms. The van der Waals surface area contributed by atoms with Crippen molar-refractivity contribution in [3.63, 3.8) is 0 Å². The van der Waals surface area contributed by atoms with Crippen LogP contribution in [0.5, 0.6) is 5.75 Å². The molecule has 0 bridgehead atoms. The molecule has 3 N–H and O–H groups in total. The van der Waals surface area contributed by atoms with E-state index in [2.05, 4.69) is 16.0 Å². The SMILES string of the molecule is CCOc1ccccc1C(=O)NCCNC(=O)c1ccc(NC(=O)C(C)C)cc1. The fraction of sp³-hybridized carbons (Fsp3) is 0.318. The summed E-state index contributed by atoms with van der Waals surface area (Å²) in [5.74, 6) is -0.178. The normalized spacial score (nSPS) is 10.3. The highest BCUT2D eigenvalue weighted by atomic mass is 16.5. The summed E-state index contributed by atoms with van der Waals surface area (Å²) in [7, 11) is 0. The van der Waals surface area contributed by atoms with Crippen LogP contribution in [0.3, 0.4) is 0 Å². The Morgan fingerprint density at radius 1 is 0.897 bits per heavy atom. The van der Waals surface area contributed by atoms with Crippen LogP contribution in [0.4, 0.5) is 5.69 Å². The van der Waals surface area contributed by atoms with Crippen LogP contribution in [0.15, 0.2) is 48.5 Å². The van der Waals surface area contributed by atoms with Crippen molar-refractivity contribution < 1.29 is 19.1 Å². The minimum atomic E-state index is -0.256. The van der Waals surface area contributed by atoms with Crippen LogP contribution in [-0.4, -0.2) is 37.4 Å². The van der Waals surface area contributed by atoms with Crippen molar-refractivity contribution in [3.05, 3.63) is 59.7 Å². The highest BCUT2D eigenvalue weighted by Crippen LogP contribution is 2.17. The number of para-hydroxylation sites is 1. The number of rotatable bonds is 9. The molecule has 0 heterocycles. The molecular formula is C22H27N3O4. The van der Waals surface area contributed by atoms with Gasteiger partial charge in [0.25, 0.3) is 11.8 Å². The third kappa shape index (κ3) is 6.64. The van der Waals surface area contributed by atoms with Gasteiger partial charge in [0.2, 0.25) is 5.91 Å². The van der Waals surface area contributed by atoms with Crippen LogP contribution in [0.1, 0.15) is 41.5 Å². The van der Waals surface area contributed by atoms with E-state index < -0.39 is 0 Å². The first-order chi connectivity index (χ1) is 13.9. The van der Waals surface area contributed by atoms with Gasteiger partial charge < -0.3 is 20.7 Å². The zero-order valence-corrected chi connectivity index (χ0v) is 17.0. The maximum Gasteiger partial charge on any atom is 0.255 e. The molecule has 0 fully saturated rings. The molecule has 3 amide bonds. The zero-order valence-electron chi connectivity index (χ0n) is 17.0. The third-order valence-electron chi connectivity index (χ3n) is 4.07. The van der Waals surface area contributed by atoms with Crippen molar-refractivity contribution in [1.82, 2.24) is 10.6 Å². The van der Waals surface area contributed by atoms with Crippen molar-refractivity contribution >= 4 is 23.4 Å². The lowest BCUT2D eigenvalue weighted by atomic mass is 10.1. The Kier molecular flexibility index (Phi) is 8.21. The smallest absolute Gasteiger partial charge is 0.255 e. The second-order valence-electron chi connectivity index (χ2n) is 6.66. The molecule has 0 unspecified atom stereocenters. The molecule has 2 rings (SSSR count). The summed E-state index contributed by atoms with van der Waals surface area (Å²) in [6.07, 6.45) is 0.